The van der Waals surface area contributed by atoms with Crippen LogP contribution in [-0.4, -0.2) is 20.1 Å². The molecule has 1 heterocycles. The standard InChI is InChI=1S/C22H21BO/c1-24-18-17-22(19-11-5-2-6-12-19)23(24,20-13-7-3-8-14-20)21-15-9-4-10-16-21/h2-17H,18H2,1H3. The molecule has 0 radical (unpaired) electrons. The van der Waals surface area contributed by atoms with Gasteiger partial charge in [0.2, 0.25) is 0 Å². The third-order valence-corrected chi connectivity index (χ3v) is 5.25. The molecule has 0 saturated carbocycles. The van der Waals surface area contributed by atoms with E-state index in [0.29, 0.717) is 0 Å². The van der Waals surface area contributed by atoms with Crippen molar-refractivity contribution in [1.29, 1.82) is 0 Å². The fourth-order valence-electron chi connectivity index (χ4n) is 4.20. The summed E-state index contributed by atoms with van der Waals surface area (Å²) in [5, 5.41) is 0. The van der Waals surface area contributed by atoms with Crippen molar-refractivity contribution in [1.82, 2.24) is 0 Å². The van der Waals surface area contributed by atoms with Gasteiger partial charge >= 0.3 is 6.35 Å². The maximum atomic E-state index is 3.47. The van der Waals surface area contributed by atoms with Crippen LogP contribution in [0.5, 0.6) is 0 Å². The summed E-state index contributed by atoms with van der Waals surface area (Å²) in [6.45, 7) is 0.883. The normalized spacial score (nSPS) is 16.8. The summed E-state index contributed by atoms with van der Waals surface area (Å²) >= 11 is 0. The van der Waals surface area contributed by atoms with Gasteiger partial charge in [0.15, 0.2) is 0 Å². The van der Waals surface area contributed by atoms with E-state index in [9.17, 15) is 0 Å². The molecule has 24 heavy (non-hydrogen) atoms. The van der Waals surface area contributed by atoms with Gasteiger partial charge in [0, 0.05) is 0 Å². The zero-order valence-corrected chi connectivity index (χ0v) is 13.9. The lowest BCUT2D eigenvalue weighted by Crippen LogP contribution is -2.64. The molecule has 0 bridgehead atoms. The van der Waals surface area contributed by atoms with Crippen molar-refractivity contribution >= 4 is 22.7 Å². The van der Waals surface area contributed by atoms with Crippen LogP contribution in [0.25, 0.3) is 5.47 Å². The quantitative estimate of drug-likeness (QED) is 0.514. The summed E-state index contributed by atoms with van der Waals surface area (Å²) in [4.78, 5) is 0. The lowest BCUT2D eigenvalue weighted by atomic mass is 9.27. The molecule has 3 aromatic carbocycles. The summed E-state index contributed by atoms with van der Waals surface area (Å²) in [5.74, 6) is 0. The van der Waals surface area contributed by atoms with Crippen LogP contribution in [0.15, 0.2) is 97.1 Å². The van der Waals surface area contributed by atoms with Crippen LogP contribution in [0.1, 0.15) is 5.56 Å². The van der Waals surface area contributed by atoms with E-state index < -0.39 is 6.35 Å². The zero-order valence-electron chi connectivity index (χ0n) is 13.9. The highest BCUT2D eigenvalue weighted by Crippen LogP contribution is 2.35. The Kier molecular flexibility index (Phi) is 3.83. The van der Waals surface area contributed by atoms with Crippen molar-refractivity contribution in [3.05, 3.63) is 103 Å². The van der Waals surface area contributed by atoms with Gasteiger partial charge in [-0.05, 0) is 6.08 Å². The minimum absolute atomic E-state index is 0.883. The predicted octanol–water partition coefficient (Wildman–Crippen LogP) is 3.56. The van der Waals surface area contributed by atoms with E-state index in [1.807, 2.05) is 0 Å². The van der Waals surface area contributed by atoms with Crippen LogP contribution in [0, 0.1) is 0 Å². The molecule has 0 unspecified atom stereocenters. The smallest absolute Gasteiger partial charge is 0.377 e. The number of hydrogen-bond acceptors (Lipinski definition) is 0. The Hall–Kier alpha value is -2.58. The number of hydrogen-bond donors (Lipinski definition) is 0. The highest BCUT2D eigenvalue weighted by molar-refractivity contribution is 7.11. The second-order valence-electron chi connectivity index (χ2n) is 6.49. The molecule has 0 fully saturated rings. The molecule has 1 aliphatic heterocycles. The van der Waals surface area contributed by atoms with Gasteiger partial charge in [0.1, 0.15) is 6.61 Å². The summed E-state index contributed by atoms with van der Waals surface area (Å²) in [5.41, 5.74) is 5.36. The Labute approximate surface area is 143 Å². The lowest BCUT2D eigenvalue weighted by molar-refractivity contribution is 0.0891. The van der Waals surface area contributed by atoms with Crippen LogP contribution in [0.2, 0.25) is 0 Å². The van der Waals surface area contributed by atoms with Gasteiger partial charge in [-0.1, -0.05) is 96.6 Å². The van der Waals surface area contributed by atoms with Gasteiger partial charge < -0.3 is 4.28 Å². The van der Waals surface area contributed by atoms with Crippen LogP contribution in [0.4, 0.5) is 0 Å². The average Bonchev–Trinajstić information content (AvgIpc) is 3.02. The van der Waals surface area contributed by atoms with Gasteiger partial charge in [-0.3, -0.25) is 0 Å². The van der Waals surface area contributed by atoms with Gasteiger partial charge in [-0.25, -0.2) is 0 Å². The minimum atomic E-state index is -1.19. The third-order valence-electron chi connectivity index (χ3n) is 5.25. The van der Waals surface area contributed by atoms with Crippen molar-refractivity contribution in [3.63, 3.8) is 0 Å². The summed E-state index contributed by atoms with van der Waals surface area (Å²) in [7, 11) is 2.16. The fourth-order valence-corrected chi connectivity index (χ4v) is 4.20. The monoisotopic (exact) mass is 312 g/mol. The Bertz CT molecular complexity index is 801. The van der Waals surface area contributed by atoms with Crippen molar-refractivity contribution in [3.8, 4) is 0 Å². The fraction of sp³-hybridized carbons (Fsp3) is 0.0909. The maximum Gasteiger partial charge on any atom is 0.377 e. The predicted molar refractivity (Wildman–Crippen MR) is 104 cm³/mol. The van der Waals surface area contributed by atoms with Crippen molar-refractivity contribution in [2.75, 3.05) is 13.7 Å². The molecular weight excluding hydrogens is 291 g/mol. The molecule has 4 rings (SSSR count). The first kappa shape index (κ1) is 15.0. The Balaban J connectivity index is 2.00. The Morgan fingerprint density at radius 2 is 1.12 bits per heavy atom. The van der Waals surface area contributed by atoms with E-state index in [0.717, 1.165) is 6.61 Å². The zero-order chi connectivity index (χ0) is 16.4. The molecule has 3 aromatic rings. The second kappa shape index (κ2) is 6.14. The molecule has 0 amide bonds. The van der Waals surface area contributed by atoms with Crippen LogP contribution >= 0.6 is 0 Å². The van der Waals surface area contributed by atoms with E-state index in [2.05, 4.69) is 108 Å². The molecular formula is C22H21BO. The highest BCUT2D eigenvalue weighted by atomic mass is 16.6. The van der Waals surface area contributed by atoms with E-state index in [-0.39, 0.29) is 0 Å². The molecule has 1 nitrogen and oxygen atoms in total. The molecule has 0 aromatic heterocycles. The first-order valence-electron chi connectivity index (χ1n) is 8.48. The Morgan fingerprint density at radius 3 is 1.62 bits per heavy atom. The molecule has 0 saturated heterocycles. The first-order valence-corrected chi connectivity index (χ1v) is 8.48. The molecule has 1 aliphatic rings. The van der Waals surface area contributed by atoms with Gasteiger partial charge in [0.05, 0.1) is 7.11 Å². The van der Waals surface area contributed by atoms with Gasteiger partial charge in [-0.2, -0.15) is 0 Å². The molecule has 0 spiro atoms. The highest BCUT2D eigenvalue weighted by Gasteiger charge is 2.48. The average molecular weight is 312 g/mol. The second-order valence-corrected chi connectivity index (χ2v) is 6.49. The van der Waals surface area contributed by atoms with E-state index in [4.69, 9.17) is 0 Å². The number of rotatable bonds is 3. The largest absolute Gasteiger partial charge is 0.659 e. The first-order chi connectivity index (χ1) is 11.8. The third kappa shape index (κ3) is 2.23. The summed E-state index contributed by atoms with van der Waals surface area (Å²) < 4.78 is 3.47. The SMILES string of the molecule is C[O+]1CC=C(c2ccccc2)[B-]1(c1ccccc1)c1ccccc1. The Morgan fingerprint density at radius 1 is 0.667 bits per heavy atom. The summed E-state index contributed by atoms with van der Waals surface area (Å²) in [6, 6.07) is 32.5. The molecule has 0 atom stereocenters. The van der Waals surface area contributed by atoms with Gasteiger partial charge in [0.25, 0.3) is 0 Å². The molecule has 118 valence electrons. The van der Waals surface area contributed by atoms with E-state index in [1.165, 1.54) is 22.0 Å². The van der Waals surface area contributed by atoms with Crippen LogP contribution in [0.3, 0.4) is 0 Å². The van der Waals surface area contributed by atoms with E-state index >= 15 is 0 Å². The topological polar surface area (TPSA) is 2.70 Å². The van der Waals surface area contributed by atoms with Gasteiger partial charge in [-0.15, -0.1) is 16.4 Å². The maximum absolute atomic E-state index is 3.47. The molecule has 0 aliphatic carbocycles. The van der Waals surface area contributed by atoms with Crippen LogP contribution in [-0.2, 0) is 4.28 Å². The van der Waals surface area contributed by atoms with Crippen LogP contribution < -0.4 is 10.9 Å². The lowest BCUT2D eigenvalue weighted by Gasteiger charge is -2.43. The minimum Gasteiger partial charge on any atom is -0.659 e. The van der Waals surface area contributed by atoms with Crippen molar-refractivity contribution < 1.29 is 4.28 Å². The van der Waals surface area contributed by atoms with Crippen molar-refractivity contribution in [2.45, 2.75) is 0 Å². The van der Waals surface area contributed by atoms with E-state index in [1.54, 1.807) is 0 Å². The summed E-state index contributed by atoms with van der Waals surface area (Å²) in [6.07, 6.45) is 1.17. The molecule has 0 N–H and O–H groups in total. The number of benzene rings is 3. The molecule has 2 heteroatoms. The van der Waals surface area contributed by atoms with Crippen molar-refractivity contribution in [2.24, 2.45) is 0 Å².